The molecular formula is C17H27N3O5S. The summed E-state index contributed by atoms with van der Waals surface area (Å²) in [4.78, 5) is 40.7. The number of carbonyl (C=O) groups excluding carboxylic acids is 3. The van der Waals surface area contributed by atoms with Gasteiger partial charge in [0.2, 0.25) is 0 Å². The number of carbonyl (C=O) groups is 3. The molecule has 2 N–H and O–H groups in total. The zero-order valence-corrected chi connectivity index (χ0v) is 17.1. The lowest BCUT2D eigenvalue weighted by Crippen LogP contribution is -2.42. The molecule has 1 aromatic heterocycles. The Labute approximate surface area is 157 Å². The Bertz CT molecular complexity index is 664. The van der Waals surface area contributed by atoms with E-state index in [1.807, 2.05) is 13.8 Å². The van der Waals surface area contributed by atoms with E-state index >= 15 is 0 Å². The molecule has 26 heavy (non-hydrogen) atoms. The number of rotatable bonds is 6. The molecule has 2 amide bonds. The fourth-order valence-electron chi connectivity index (χ4n) is 2.10. The van der Waals surface area contributed by atoms with Crippen molar-refractivity contribution in [3.8, 4) is 0 Å². The van der Waals surface area contributed by atoms with Gasteiger partial charge in [-0.05, 0) is 40.0 Å². The molecular weight excluding hydrogens is 358 g/mol. The summed E-state index contributed by atoms with van der Waals surface area (Å²) in [6, 6.07) is -0.740. The number of aromatic nitrogens is 1. The van der Waals surface area contributed by atoms with E-state index in [4.69, 9.17) is 9.47 Å². The van der Waals surface area contributed by atoms with Crippen LogP contribution in [-0.2, 0) is 14.3 Å². The summed E-state index contributed by atoms with van der Waals surface area (Å²) in [7, 11) is 1.28. The fraction of sp³-hybridized carbons (Fsp3) is 0.647. The lowest BCUT2D eigenvalue weighted by atomic mass is 10.0. The van der Waals surface area contributed by atoms with Gasteiger partial charge < -0.3 is 14.8 Å². The van der Waals surface area contributed by atoms with Gasteiger partial charge in [0, 0.05) is 0 Å². The topological polar surface area (TPSA) is 107 Å². The molecule has 9 heteroatoms. The quantitative estimate of drug-likeness (QED) is 0.729. The van der Waals surface area contributed by atoms with Crippen molar-refractivity contribution >= 4 is 34.4 Å². The predicted molar refractivity (Wildman–Crippen MR) is 99.4 cm³/mol. The predicted octanol–water partition coefficient (Wildman–Crippen LogP) is 3.12. The largest absolute Gasteiger partial charge is 0.467 e. The smallest absolute Gasteiger partial charge is 0.413 e. The first-order chi connectivity index (χ1) is 11.9. The van der Waals surface area contributed by atoms with Crippen LogP contribution in [0.4, 0.5) is 9.93 Å². The van der Waals surface area contributed by atoms with Crippen LogP contribution in [0.3, 0.4) is 0 Å². The fourth-order valence-corrected chi connectivity index (χ4v) is 2.96. The Morgan fingerprint density at radius 1 is 1.23 bits per heavy atom. The highest BCUT2D eigenvalue weighted by atomic mass is 32.1. The molecule has 0 bridgehead atoms. The van der Waals surface area contributed by atoms with Crippen LogP contribution in [0.15, 0.2) is 0 Å². The molecule has 0 saturated carbocycles. The van der Waals surface area contributed by atoms with Gasteiger partial charge in [0.05, 0.1) is 12.8 Å². The van der Waals surface area contributed by atoms with Crippen LogP contribution in [0.5, 0.6) is 0 Å². The summed E-state index contributed by atoms with van der Waals surface area (Å²) >= 11 is 1.01. The minimum absolute atomic E-state index is 0.200. The van der Waals surface area contributed by atoms with Crippen molar-refractivity contribution in [3.63, 3.8) is 0 Å². The molecule has 146 valence electrons. The minimum Gasteiger partial charge on any atom is -0.467 e. The first-order valence-electron chi connectivity index (χ1n) is 8.29. The van der Waals surface area contributed by atoms with Gasteiger partial charge in [-0.25, -0.2) is 14.6 Å². The van der Waals surface area contributed by atoms with Gasteiger partial charge in [-0.1, -0.05) is 25.2 Å². The summed E-state index contributed by atoms with van der Waals surface area (Å²) < 4.78 is 9.91. The molecule has 0 fully saturated rings. The average molecular weight is 385 g/mol. The Morgan fingerprint density at radius 2 is 1.85 bits per heavy atom. The third kappa shape index (κ3) is 6.99. The molecule has 1 atom stereocenters. The Hall–Kier alpha value is -2.16. The number of methoxy groups -OCH3 is 1. The Morgan fingerprint density at radius 3 is 2.35 bits per heavy atom. The van der Waals surface area contributed by atoms with Crippen molar-refractivity contribution in [3.05, 3.63) is 10.6 Å². The van der Waals surface area contributed by atoms with E-state index in [1.165, 1.54) is 7.11 Å². The molecule has 0 spiro atoms. The number of ether oxygens (including phenoxy) is 2. The van der Waals surface area contributed by atoms with Gasteiger partial charge >= 0.3 is 12.1 Å². The SMILES string of the molecule is COC(=O)[C@H](CC(C)C)NC(=O)c1sc(NC(=O)OC(C)(C)C)nc1C. The van der Waals surface area contributed by atoms with Crippen molar-refractivity contribution in [1.82, 2.24) is 10.3 Å². The van der Waals surface area contributed by atoms with Crippen molar-refractivity contribution in [2.45, 2.75) is 59.6 Å². The van der Waals surface area contributed by atoms with Crippen molar-refractivity contribution in [2.75, 3.05) is 12.4 Å². The second-order valence-corrected chi connectivity index (χ2v) is 8.24. The zero-order valence-electron chi connectivity index (χ0n) is 16.3. The molecule has 0 radical (unpaired) electrons. The first-order valence-corrected chi connectivity index (χ1v) is 9.10. The van der Waals surface area contributed by atoms with E-state index in [1.54, 1.807) is 27.7 Å². The number of aryl methyl sites for hydroxylation is 1. The van der Waals surface area contributed by atoms with Crippen LogP contribution >= 0.6 is 11.3 Å². The third-order valence-corrected chi connectivity index (χ3v) is 4.18. The first kappa shape index (κ1) is 21.9. The van der Waals surface area contributed by atoms with Crippen LogP contribution in [0, 0.1) is 12.8 Å². The Balaban J connectivity index is 2.85. The molecule has 0 saturated heterocycles. The van der Waals surface area contributed by atoms with Gasteiger partial charge in [0.15, 0.2) is 5.13 Å². The van der Waals surface area contributed by atoms with Gasteiger partial charge in [-0.3, -0.25) is 10.1 Å². The summed E-state index contributed by atoms with van der Waals surface area (Å²) in [5.41, 5.74) is -0.187. The monoisotopic (exact) mass is 385 g/mol. The van der Waals surface area contributed by atoms with E-state index in [2.05, 4.69) is 15.6 Å². The van der Waals surface area contributed by atoms with E-state index in [0.717, 1.165) is 11.3 Å². The van der Waals surface area contributed by atoms with Crippen LogP contribution in [0.25, 0.3) is 0 Å². The Kier molecular flexibility index (Phi) is 7.55. The molecule has 0 unspecified atom stereocenters. The van der Waals surface area contributed by atoms with Gasteiger partial charge in [-0.15, -0.1) is 0 Å². The number of nitrogens with zero attached hydrogens (tertiary/aromatic N) is 1. The number of hydrogen-bond acceptors (Lipinski definition) is 7. The van der Waals surface area contributed by atoms with E-state index in [9.17, 15) is 14.4 Å². The van der Waals surface area contributed by atoms with Gasteiger partial charge in [0.1, 0.15) is 16.5 Å². The number of anilines is 1. The standard InChI is InChI=1S/C17H27N3O5S/c1-9(2)8-11(14(22)24-7)19-13(21)12-10(3)18-15(26-12)20-16(23)25-17(4,5)6/h9,11H,8H2,1-7H3,(H,19,21)(H,18,20,23)/t11-/m0/s1. The number of esters is 1. The molecule has 0 aliphatic heterocycles. The normalized spacial score (nSPS) is 12.5. The highest BCUT2D eigenvalue weighted by Crippen LogP contribution is 2.23. The van der Waals surface area contributed by atoms with Crippen molar-refractivity contribution in [1.29, 1.82) is 0 Å². The average Bonchev–Trinajstić information content (AvgIpc) is 2.83. The number of nitrogens with one attached hydrogen (secondary N) is 2. The van der Waals surface area contributed by atoms with Crippen molar-refractivity contribution in [2.24, 2.45) is 5.92 Å². The van der Waals surface area contributed by atoms with E-state index < -0.39 is 29.6 Å². The minimum atomic E-state index is -0.740. The van der Waals surface area contributed by atoms with Gasteiger partial charge in [-0.2, -0.15) is 0 Å². The number of hydrogen-bond donors (Lipinski definition) is 2. The molecule has 1 aromatic rings. The molecule has 0 aliphatic carbocycles. The third-order valence-electron chi connectivity index (χ3n) is 3.11. The summed E-state index contributed by atoms with van der Waals surface area (Å²) in [5.74, 6) is -0.735. The number of thiazole rings is 1. The van der Waals surface area contributed by atoms with Crippen LogP contribution in [0.2, 0.25) is 0 Å². The van der Waals surface area contributed by atoms with E-state index in [-0.39, 0.29) is 11.0 Å². The molecule has 0 aromatic carbocycles. The summed E-state index contributed by atoms with van der Waals surface area (Å²) in [6.07, 6.45) is -0.190. The second-order valence-electron chi connectivity index (χ2n) is 7.24. The molecule has 1 rings (SSSR count). The highest BCUT2D eigenvalue weighted by molar-refractivity contribution is 7.17. The summed E-state index contributed by atoms with van der Waals surface area (Å²) in [5, 5.41) is 5.43. The second kappa shape index (κ2) is 8.98. The lowest BCUT2D eigenvalue weighted by Gasteiger charge is -2.19. The van der Waals surface area contributed by atoms with Crippen LogP contribution < -0.4 is 10.6 Å². The van der Waals surface area contributed by atoms with Gasteiger partial charge in [0.25, 0.3) is 5.91 Å². The van der Waals surface area contributed by atoms with Crippen LogP contribution in [-0.4, -0.2) is 41.7 Å². The molecule has 0 aliphatic rings. The highest BCUT2D eigenvalue weighted by Gasteiger charge is 2.26. The lowest BCUT2D eigenvalue weighted by molar-refractivity contribution is -0.143. The zero-order chi connectivity index (χ0) is 20.1. The van der Waals surface area contributed by atoms with Crippen LogP contribution in [0.1, 0.15) is 56.4 Å². The summed E-state index contributed by atoms with van der Waals surface area (Å²) in [6.45, 7) is 10.8. The maximum absolute atomic E-state index is 12.5. The maximum atomic E-state index is 12.5. The van der Waals surface area contributed by atoms with E-state index in [0.29, 0.717) is 17.0 Å². The van der Waals surface area contributed by atoms with Crippen molar-refractivity contribution < 1.29 is 23.9 Å². The maximum Gasteiger partial charge on any atom is 0.413 e. The molecule has 8 nitrogen and oxygen atoms in total. The molecule has 1 heterocycles. The number of amides is 2.